The summed E-state index contributed by atoms with van der Waals surface area (Å²) in [5.74, 6) is -2.18. The van der Waals surface area contributed by atoms with Gasteiger partial charge in [0.1, 0.15) is 18.3 Å². The standard InChI is InChI=1S/C29H53NO12/c1-6-38-14-10-20-23(30-18(3)32)19(29(5,37)22(17-31)41-20)9-8-13-40-15-11-21-24(33)25(34)28(4,12-16-39-7-2)26(42-21)27(35)36/h19-26,31,33-34,37H,6-17H2,1-5H3,(H,30,32)(H,35,36)/p-1/t19-,20?,21?,22?,23-,24+,25-,26?,28-,29-/m0/s1. The van der Waals surface area contributed by atoms with E-state index >= 15 is 0 Å². The molecule has 42 heavy (non-hydrogen) atoms. The third-order valence-corrected chi connectivity index (χ3v) is 8.71. The van der Waals surface area contributed by atoms with Gasteiger partial charge in [-0.3, -0.25) is 4.79 Å². The summed E-state index contributed by atoms with van der Waals surface area (Å²) in [6.45, 7) is 9.79. The van der Waals surface area contributed by atoms with Gasteiger partial charge in [-0.25, -0.2) is 0 Å². The first-order valence-corrected chi connectivity index (χ1v) is 15.1. The second-order valence-corrected chi connectivity index (χ2v) is 11.7. The highest BCUT2D eigenvalue weighted by Gasteiger charge is 2.53. The minimum Gasteiger partial charge on any atom is -0.547 e. The lowest BCUT2D eigenvalue weighted by Crippen LogP contribution is -2.66. The molecule has 5 N–H and O–H groups in total. The Morgan fingerprint density at radius 3 is 2.14 bits per heavy atom. The van der Waals surface area contributed by atoms with Gasteiger partial charge in [0.05, 0.1) is 42.5 Å². The Labute approximate surface area is 248 Å². The van der Waals surface area contributed by atoms with Gasteiger partial charge in [0.25, 0.3) is 0 Å². The minimum absolute atomic E-state index is 0.124. The number of aliphatic carboxylic acids is 1. The van der Waals surface area contributed by atoms with Crippen molar-refractivity contribution in [3.63, 3.8) is 0 Å². The van der Waals surface area contributed by atoms with Gasteiger partial charge < -0.3 is 59.3 Å². The molecule has 13 heteroatoms. The van der Waals surface area contributed by atoms with Gasteiger partial charge in [0.2, 0.25) is 5.91 Å². The Balaban J connectivity index is 1.96. The predicted octanol–water partition coefficient (Wildman–Crippen LogP) is -1.10. The third-order valence-electron chi connectivity index (χ3n) is 8.71. The Hall–Kier alpha value is -1.42. The van der Waals surface area contributed by atoms with Crippen LogP contribution in [-0.2, 0) is 33.3 Å². The molecule has 246 valence electrons. The first kappa shape index (κ1) is 36.8. The average molecular weight is 607 g/mol. The van der Waals surface area contributed by atoms with Gasteiger partial charge in [-0.05, 0) is 52.9 Å². The van der Waals surface area contributed by atoms with Crippen molar-refractivity contribution in [1.29, 1.82) is 0 Å². The quantitative estimate of drug-likeness (QED) is 0.118. The van der Waals surface area contributed by atoms with E-state index in [0.717, 1.165) is 0 Å². The van der Waals surface area contributed by atoms with Crippen LogP contribution < -0.4 is 10.4 Å². The van der Waals surface area contributed by atoms with E-state index in [0.29, 0.717) is 39.1 Å². The Morgan fingerprint density at radius 2 is 1.55 bits per heavy atom. The number of carbonyl (C=O) groups is 2. The van der Waals surface area contributed by atoms with Crippen LogP contribution in [0.25, 0.3) is 0 Å². The highest BCUT2D eigenvalue weighted by molar-refractivity contribution is 5.73. The molecule has 2 aliphatic heterocycles. The zero-order valence-corrected chi connectivity index (χ0v) is 25.7. The molecule has 2 aliphatic rings. The largest absolute Gasteiger partial charge is 0.547 e. The molecular weight excluding hydrogens is 554 g/mol. The molecule has 1 amide bonds. The van der Waals surface area contributed by atoms with E-state index in [-0.39, 0.29) is 45.2 Å². The van der Waals surface area contributed by atoms with Gasteiger partial charge in [-0.1, -0.05) is 6.92 Å². The average Bonchev–Trinajstić information content (AvgIpc) is 2.92. The Kier molecular flexibility index (Phi) is 15.0. The lowest BCUT2D eigenvalue weighted by Gasteiger charge is -2.51. The smallest absolute Gasteiger partial charge is 0.217 e. The number of aliphatic hydroxyl groups excluding tert-OH is 3. The molecule has 0 spiro atoms. The van der Waals surface area contributed by atoms with Crippen LogP contribution in [-0.4, -0.2) is 127 Å². The number of amides is 1. The molecule has 0 saturated carbocycles. The molecular formula is C29H52NO12-. The lowest BCUT2D eigenvalue weighted by molar-refractivity contribution is -0.338. The van der Waals surface area contributed by atoms with Gasteiger partial charge in [0, 0.05) is 57.9 Å². The van der Waals surface area contributed by atoms with Crippen LogP contribution in [0.3, 0.4) is 0 Å². The summed E-state index contributed by atoms with van der Waals surface area (Å²) in [6, 6.07) is -0.508. The first-order chi connectivity index (χ1) is 19.8. The number of ether oxygens (including phenoxy) is 5. The highest BCUT2D eigenvalue weighted by Crippen LogP contribution is 2.41. The van der Waals surface area contributed by atoms with Crippen LogP contribution in [0, 0.1) is 11.3 Å². The zero-order valence-electron chi connectivity index (χ0n) is 25.7. The highest BCUT2D eigenvalue weighted by atomic mass is 16.5. The van der Waals surface area contributed by atoms with Gasteiger partial charge in [0.15, 0.2) is 0 Å². The SMILES string of the molecule is CCOCCC1OC(CO)[C@@](C)(O)[C@@H](CCCOCCC2OC(C(=O)[O-])[C@@](C)(CCOCC)[C@@H](O)[C@@H]2O)[C@@H]1NC(C)=O. The lowest BCUT2D eigenvalue weighted by atomic mass is 9.70. The Bertz CT molecular complexity index is 828. The number of hydrogen-bond donors (Lipinski definition) is 5. The fourth-order valence-electron chi connectivity index (χ4n) is 6.16. The van der Waals surface area contributed by atoms with E-state index in [1.807, 2.05) is 6.92 Å². The fourth-order valence-corrected chi connectivity index (χ4v) is 6.16. The minimum atomic E-state index is -1.47. The van der Waals surface area contributed by atoms with Crippen molar-refractivity contribution < 1.29 is 58.8 Å². The summed E-state index contributed by atoms with van der Waals surface area (Å²) in [7, 11) is 0. The molecule has 2 rings (SSSR count). The normalized spacial score (nSPS) is 37.0. The van der Waals surface area contributed by atoms with Crippen molar-refractivity contribution in [1.82, 2.24) is 5.32 Å². The fraction of sp³-hybridized carbons (Fsp3) is 0.931. The van der Waals surface area contributed by atoms with E-state index in [1.54, 1.807) is 13.8 Å². The number of carboxylic acids is 1. The molecule has 2 saturated heterocycles. The Morgan fingerprint density at radius 1 is 0.929 bits per heavy atom. The van der Waals surface area contributed by atoms with Crippen LogP contribution in [0.4, 0.5) is 0 Å². The molecule has 0 bridgehead atoms. The van der Waals surface area contributed by atoms with Crippen LogP contribution >= 0.6 is 0 Å². The van der Waals surface area contributed by atoms with E-state index in [2.05, 4.69) is 5.32 Å². The number of carbonyl (C=O) groups excluding carboxylic acids is 2. The number of hydrogen-bond acceptors (Lipinski definition) is 12. The van der Waals surface area contributed by atoms with Crippen LogP contribution in [0.5, 0.6) is 0 Å². The number of aliphatic hydroxyl groups is 4. The van der Waals surface area contributed by atoms with Crippen molar-refractivity contribution >= 4 is 11.9 Å². The maximum absolute atomic E-state index is 12.0. The summed E-state index contributed by atoms with van der Waals surface area (Å²) < 4.78 is 28.3. The van der Waals surface area contributed by atoms with Crippen LogP contribution in [0.1, 0.15) is 66.7 Å². The molecule has 2 fully saturated rings. The topological polar surface area (TPSA) is 196 Å². The van der Waals surface area contributed by atoms with Crippen LogP contribution in [0.2, 0.25) is 0 Å². The van der Waals surface area contributed by atoms with E-state index < -0.39 is 65.6 Å². The molecule has 0 aliphatic carbocycles. The maximum atomic E-state index is 12.0. The van der Waals surface area contributed by atoms with Gasteiger partial charge in [-0.2, -0.15) is 0 Å². The molecule has 2 heterocycles. The number of nitrogens with one attached hydrogen (secondary N) is 1. The van der Waals surface area contributed by atoms with Gasteiger partial charge >= 0.3 is 0 Å². The molecule has 4 unspecified atom stereocenters. The second kappa shape index (κ2) is 17.2. The van der Waals surface area contributed by atoms with Crippen molar-refractivity contribution in [2.24, 2.45) is 11.3 Å². The summed E-state index contributed by atoms with van der Waals surface area (Å²) >= 11 is 0. The van der Waals surface area contributed by atoms with Crippen LogP contribution in [0.15, 0.2) is 0 Å². The van der Waals surface area contributed by atoms with E-state index in [9.17, 15) is 35.1 Å². The molecule has 0 aromatic rings. The monoisotopic (exact) mass is 606 g/mol. The van der Waals surface area contributed by atoms with E-state index in [1.165, 1.54) is 13.8 Å². The maximum Gasteiger partial charge on any atom is 0.217 e. The first-order valence-electron chi connectivity index (χ1n) is 15.1. The summed E-state index contributed by atoms with van der Waals surface area (Å²) in [4.78, 5) is 23.9. The van der Waals surface area contributed by atoms with Gasteiger partial charge in [-0.15, -0.1) is 0 Å². The van der Waals surface area contributed by atoms with Crippen molar-refractivity contribution in [3.05, 3.63) is 0 Å². The predicted molar refractivity (Wildman–Crippen MR) is 148 cm³/mol. The number of carboxylic acid groups (broad SMARTS) is 1. The second-order valence-electron chi connectivity index (χ2n) is 11.7. The molecule has 0 aromatic carbocycles. The third kappa shape index (κ3) is 9.29. The summed E-state index contributed by atoms with van der Waals surface area (Å²) in [6.07, 6.45) is -4.66. The van der Waals surface area contributed by atoms with Crippen molar-refractivity contribution in [2.75, 3.05) is 46.2 Å². The van der Waals surface area contributed by atoms with Crippen molar-refractivity contribution in [2.45, 2.75) is 115 Å². The molecule has 13 nitrogen and oxygen atoms in total. The zero-order chi connectivity index (χ0) is 31.5. The van der Waals surface area contributed by atoms with E-state index in [4.69, 9.17) is 23.7 Å². The molecule has 10 atom stereocenters. The molecule has 0 aromatic heterocycles. The molecule has 0 radical (unpaired) electrons. The summed E-state index contributed by atoms with van der Waals surface area (Å²) in [5, 5.41) is 57.6. The number of rotatable bonds is 18. The summed E-state index contributed by atoms with van der Waals surface area (Å²) in [5.41, 5.74) is -2.71. The van der Waals surface area contributed by atoms with Crippen molar-refractivity contribution in [3.8, 4) is 0 Å².